The highest BCUT2D eigenvalue weighted by Gasteiger charge is 2.14. The number of nitrogens with zero attached hydrogens (tertiary/aromatic N) is 4. The van der Waals surface area contributed by atoms with Crippen molar-refractivity contribution in [1.82, 2.24) is 19.9 Å². The maximum absolute atomic E-state index is 11.9. The number of rotatable bonds is 8. The molecule has 0 aliphatic carbocycles. The van der Waals surface area contributed by atoms with Crippen LogP contribution in [0.25, 0.3) is 78.7 Å². The Morgan fingerprint density at radius 2 is 0.706 bits per heavy atom. The van der Waals surface area contributed by atoms with E-state index in [0.717, 1.165) is 61.2 Å². The van der Waals surface area contributed by atoms with Crippen molar-refractivity contribution in [1.29, 1.82) is 0 Å². The van der Waals surface area contributed by atoms with Gasteiger partial charge < -0.3 is 0 Å². The van der Waals surface area contributed by atoms with E-state index in [1.165, 1.54) is 0 Å². The van der Waals surface area contributed by atoms with E-state index in [1.807, 2.05) is 54.6 Å². The number of Topliss-reactive ketones (excluding diaryl/α,β-unsaturated/α-hetero) is 1. The fourth-order valence-corrected chi connectivity index (χ4v) is 6.13. The molecule has 0 unspecified atom stereocenters. The number of ketones is 1. The van der Waals surface area contributed by atoms with Crippen LogP contribution in [-0.4, -0.2) is 25.7 Å². The molecule has 0 spiro atoms. The number of hydrogen-bond donors (Lipinski definition) is 0. The maximum Gasteiger partial charge on any atom is 0.164 e. The molecular weight excluding hydrogens is 625 g/mol. The van der Waals surface area contributed by atoms with Crippen molar-refractivity contribution in [3.8, 4) is 78.7 Å². The van der Waals surface area contributed by atoms with Crippen LogP contribution in [0.4, 0.5) is 0 Å². The lowest BCUT2D eigenvalue weighted by Gasteiger charge is -2.11. The molecule has 0 aliphatic rings. The molecule has 242 valence electrons. The highest BCUT2D eigenvalue weighted by Crippen LogP contribution is 2.31. The van der Waals surface area contributed by atoms with Gasteiger partial charge >= 0.3 is 0 Å². The molecule has 8 aromatic rings. The van der Waals surface area contributed by atoms with Gasteiger partial charge in [0, 0.05) is 40.2 Å². The van der Waals surface area contributed by atoms with E-state index >= 15 is 0 Å². The van der Waals surface area contributed by atoms with Gasteiger partial charge in [-0.3, -0.25) is 9.78 Å². The quantitative estimate of drug-likeness (QED) is 0.152. The number of hydrogen-bond acceptors (Lipinski definition) is 5. The second-order valence-corrected chi connectivity index (χ2v) is 12.4. The molecular formula is C46H32N4O. The number of benzene rings is 6. The fraction of sp³-hybridized carbons (Fsp3) is 0.0217. The van der Waals surface area contributed by atoms with Crippen LogP contribution in [0.15, 0.2) is 176 Å². The third-order valence-corrected chi connectivity index (χ3v) is 8.95. The Hall–Kier alpha value is -6.85. The Kier molecular flexibility index (Phi) is 8.59. The molecule has 0 N–H and O–H groups in total. The lowest BCUT2D eigenvalue weighted by molar-refractivity contribution is 0.101. The molecule has 0 radical (unpaired) electrons. The SMILES string of the molecule is CC(=O)c1cncc(-c2cccc(-c3ccc(-c4nc(-c5ccc(-c6ccccc6)cc5)nc(-c5ccc(-c6ccccc6)cc5)n4)cc3)c2)c1. The number of aromatic nitrogens is 4. The Balaban J connectivity index is 1.15. The first-order valence-corrected chi connectivity index (χ1v) is 16.8. The molecule has 51 heavy (non-hydrogen) atoms. The Labute approximate surface area is 297 Å². The lowest BCUT2D eigenvalue weighted by Crippen LogP contribution is -2.00. The second-order valence-electron chi connectivity index (χ2n) is 12.4. The first-order chi connectivity index (χ1) is 25.1. The van der Waals surface area contributed by atoms with Gasteiger partial charge in [-0.25, -0.2) is 15.0 Å². The first-order valence-electron chi connectivity index (χ1n) is 16.8. The van der Waals surface area contributed by atoms with Gasteiger partial charge in [0.2, 0.25) is 0 Å². The summed E-state index contributed by atoms with van der Waals surface area (Å²) in [4.78, 5) is 31.2. The predicted molar refractivity (Wildman–Crippen MR) is 206 cm³/mol. The monoisotopic (exact) mass is 656 g/mol. The van der Waals surface area contributed by atoms with Gasteiger partial charge in [0.25, 0.3) is 0 Å². The van der Waals surface area contributed by atoms with Crippen LogP contribution in [0.5, 0.6) is 0 Å². The number of carbonyl (C=O) groups excluding carboxylic acids is 1. The molecule has 0 atom stereocenters. The summed E-state index contributed by atoms with van der Waals surface area (Å²) in [5, 5.41) is 0. The fourth-order valence-electron chi connectivity index (χ4n) is 6.13. The minimum Gasteiger partial charge on any atom is -0.294 e. The van der Waals surface area contributed by atoms with Crippen LogP contribution in [0.2, 0.25) is 0 Å². The normalized spacial score (nSPS) is 10.9. The summed E-state index contributed by atoms with van der Waals surface area (Å²) in [5.41, 5.74) is 11.9. The van der Waals surface area contributed by atoms with Crippen molar-refractivity contribution in [3.05, 3.63) is 182 Å². The molecule has 0 aliphatic heterocycles. The summed E-state index contributed by atoms with van der Waals surface area (Å²) in [6, 6.07) is 55.8. The van der Waals surface area contributed by atoms with Crippen molar-refractivity contribution in [2.45, 2.75) is 6.92 Å². The van der Waals surface area contributed by atoms with Crippen LogP contribution in [0.3, 0.4) is 0 Å². The molecule has 8 rings (SSSR count). The molecule has 0 bridgehead atoms. The van der Waals surface area contributed by atoms with E-state index in [-0.39, 0.29) is 5.78 Å². The van der Waals surface area contributed by atoms with Crippen LogP contribution in [0.1, 0.15) is 17.3 Å². The third kappa shape index (κ3) is 6.87. The van der Waals surface area contributed by atoms with Crippen LogP contribution >= 0.6 is 0 Å². The van der Waals surface area contributed by atoms with Crippen LogP contribution in [-0.2, 0) is 0 Å². The minimum atomic E-state index is -0.00543. The molecule has 2 aromatic heterocycles. The predicted octanol–water partition coefficient (Wildman–Crippen LogP) is 11.1. The van der Waals surface area contributed by atoms with Gasteiger partial charge in [-0.1, -0.05) is 152 Å². The van der Waals surface area contributed by atoms with Gasteiger partial charge in [0.15, 0.2) is 23.3 Å². The zero-order valence-electron chi connectivity index (χ0n) is 27.9. The van der Waals surface area contributed by atoms with Crippen LogP contribution in [0, 0.1) is 0 Å². The molecule has 0 fully saturated rings. The summed E-state index contributed by atoms with van der Waals surface area (Å²) >= 11 is 0. The summed E-state index contributed by atoms with van der Waals surface area (Å²) < 4.78 is 0. The van der Waals surface area contributed by atoms with Crippen molar-refractivity contribution < 1.29 is 4.79 Å². The Morgan fingerprint density at radius 3 is 1.14 bits per heavy atom. The van der Waals surface area contributed by atoms with Crippen molar-refractivity contribution in [2.75, 3.05) is 0 Å². The molecule has 0 amide bonds. The van der Waals surface area contributed by atoms with Crippen molar-refractivity contribution >= 4 is 5.78 Å². The van der Waals surface area contributed by atoms with Gasteiger partial charge in [0.1, 0.15) is 0 Å². The zero-order chi connectivity index (χ0) is 34.6. The standard InChI is InChI=1S/C46H32N4O/c1-31(51)42-28-43(30-47-29-42)41-14-8-13-40(27-41)36-19-25-39(26-20-36)46-49-44(37-21-15-34(16-22-37)32-9-4-2-5-10-32)48-45(50-46)38-23-17-35(18-24-38)33-11-6-3-7-12-33/h2-30H,1H3. The average Bonchev–Trinajstić information content (AvgIpc) is 3.21. The Morgan fingerprint density at radius 1 is 0.353 bits per heavy atom. The van der Waals surface area contributed by atoms with Crippen molar-refractivity contribution in [2.24, 2.45) is 0 Å². The van der Waals surface area contributed by atoms with Gasteiger partial charge in [-0.05, 0) is 58.0 Å². The van der Waals surface area contributed by atoms with Gasteiger partial charge in [0.05, 0.1) is 0 Å². The molecule has 6 aromatic carbocycles. The van der Waals surface area contributed by atoms with Gasteiger partial charge in [-0.2, -0.15) is 0 Å². The molecule has 5 heteroatoms. The lowest BCUT2D eigenvalue weighted by atomic mass is 9.98. The minimum absolute atomic E-state index is 0.00543. The zero-order valence-corrected chi connectivity index (χ0v) is 27.9. The van der Waals surface area contributed by atoms with E-state index in [2.05, 4.69) is 114 Å². The van der Waals surface area contributed by atoms with Crippen molar-refractivity contribution in [3.63, 3.8) is 0 Å². The highest BCUT2D eigenvalue weighted by molar-refractivity contribution is 5.95. The van der Waals surface area contributed by atoms with E-state index < -0.39 is 0 Å². The molecule has 2 heterocycles. The summed E-state index contributed by atoms with van der Waals surface area (Å²) in [7, 11) is 0. The summed E-state index contributed by atoms with van der Waals surface area (Å²) in [6.07, 6.45) is 3.39. The van der Waals surface area contributed by atoms with E-state index in [4.69, 9.17) is 15.0 Å². The second kappa shape index (κ2) is 13.9. The van der Waals surface area contributed by atoms with Gasteiger partial charge in [-0.15, -0.1) is 0 Å². The number of carbonyl (C=O) groups is 1. The Bertz CT molecular complexity index is 2360. The van der Waals surface area contributed by atoms with E-state index in [1.54, 1.807) is 19.3 Å². The third-order valence-electron chi connectivity index (χ3n) is 8.95. The molecule has 0 saturated heterocycles. The number of pyridine rings is 1. The molecule has 5 nitrogen and oxygen atoms in total. The molecule has 0 saturated carbocycles. The highest BCUT2D eigenvalue weighted by atomic mass is 16.1. The smallest absolute Gasteiger partial charge is 0.164 e. The maximum atomic E-state index is 11.9. The summed E-state index contributed by atoms with van der Waals surface area (Å²) in [6.45, 7) is 1.56. The average molecular weight is 657 g/mol. The van der Waals surface area contributed by atoms with E-state index in [0.29, 0.717) is 23.0 Å². The largest absolute Gasteiger partial charge is 0.294 e. The first kappa shape index (κ1) is 31.4. The summed E-state index contributed by atoms with van der Waals surface area (Å²) in [5.74, 6) is 1.82. The van der Waals surface area contributed by atoms with E-state index in [9.17, 15) is 4.79 Å². The topological polar surface area (TPSA) is 68.6 Å². The van der Waals surface area contributed by atoms with Crippen LogP contribution < -0.4 is 0 Å².